The maximum atomic E-state index is 12.7. The molecule has 3 aliphatic rings. The normalized spacial score (nSPS) is 33.6. The van der Waals surface area contributed by atoms with Crippen LogP contribution in [0.2, 0.25) is 0 Å². The second kappa shape index (κ2) is 6.26. The minimum Gasteiger partial charge on any atom is -0.377 e. The van der Waals surface area contributed by atoms with Gasteiger partial charge in [0.1, 0.15) is 0 Å². The van der Waals surface area contributed by atoms with Crippen LogP contribution in [-0.2, 0) is 4.74 Å². The van der Waals surface area contributed by atoms with E-state index >= 15 is 0 Å². The summed E-state index contributed by atoms with van der Waals surface area (Å²) >= 11 is 0. The molecule has 7 heteroatoms. The van der Waals surface area contributed by atoms with E-state index in [2.05, 4.69) is 5.32 Å². The lowest BCUT2D eigenvalue weighted by Gasteiger charge is -2.38. The largest absolute Gasteiger partial charge is 0.391 e. The summed E-state index contributed by atoms with van der Waals surface area (Å²) in [6.07, 6.45) is -0.783. The number of morpholine rings is 1. The number of urea groups is 1. The highest BCUT2D eigenvalue weighted by Crippen LogP contribution is 2.38. The molecule has 3 rings (SSSR count). The summed E-state index contributed by atoms with van der Waals surface area (Å²) in [6.45, 7) is 1.70. The summed E-state index contributed by atoms with van der Waals surface area (Å²) in [5.41, 5.74) is 0. The first-order chi connectivity index (χ1) is 10.4. The third-order valence-electron chi connectivity index (χ3n) is 5.11. The number of halogens is 3. The van der Waals surface area contributed by atoms with Gasteiger partial charge in [-0.05, 0) is 44.4 Å². The number of ether oxygens (including phenoxy) is 1. The zero-order valence-corrected chi connectivity index (χ0v) is 12.6. The van der Waals surface area contributed by atoms with Crippen LogP contribution in [0.15, 0.2) is 0 Å². The topological polar surface area (TPSA) is 41.6 Å². The van der Waals surface area contributed by atoms with Crippen molar-refractivity contribution >= 4 is 6.03 Å². The highest BCUT2D eigenvalue weighted by molar-refractivity contribution is 5.75. The second-order valence-electron chi connectivity index (χ2n) is 6.71. The molecule has 1 aliphatic heterocycles. The van der Waals surface area contributed by atoms with Gasteiger partial charge in [0.2, 0.25) is 0 Å². The molecule has 0 spiro atoms. The summed E-state index contributed by atoms with van der Waals surface area (Å²) in [5.74, 6) is -0.671. The van der Waals surface area contributed by atoms with Crippen LogP contribution < -0.4 is 5.32 Å². The van der Waals surface area contributed by atoms with Crippen LogP contribution in [-0.4, -0.2) is 48.9 Å². The number of amides is 2. The molecule has 2 saturated carbocycles. The summed E-state index contributed by atoms with van der Waals surface area (Å²) in [7, 11) is 0. The van der Waals surface area contributed by atoms with Crippen LogP contribution in [0.25, 0.3) is 0 Å². The Labute approximate surface area is 128 Å². The predicted molar refractivity (Wildman–Crippen MR) is 74.4 cm³/mol. The SMILES string of the molecule is O=C(NC1CCC(C(F)(F)F)CC1)N1CCOCC1C1CC1. The summed E-state index contributed by atoms with van der Waals surface area (Å²) in [4.78, 5) is 14.3. The van der Waals surface area contributed by atoms with Gasteiger partial charge in [0.15, 0.2) is 0 Å². The van der Waals surface area contributed by atoms with E-state index in [4.69, 9.17) is 4.74 Å². The average Bonchev–Trinajstić information content (AvgIpc) is 3.31. The van der Waals surface area contributed by atoms with Crippen molar-refractivity contribution in [1.82, 2.24) is 10.2 Å². The van der Waals surface area contributed by atoms with E-state index in [0.29, 0.717) is 38.5 Å². The molecule has 1 saturated heterocycles. The minimum absolute atomic E-state index is 0.115. The summed E-state index contributed by atoms with van der Waals surface area (Å²) in [6, 6.07) is -0.121. The van der Waals surface area contributed by atoms with Crippen LogP contribution in [0.5, 0.6) is 0 Å². The van der Waals surface area contributed by atoms with E-state index in [1.165, 1.54) is 0 Å². The van der Waals surface area contributed by atoms with E-state index in [9.17, 15) is 18.0 Å². The molecule has 3 fully saturated rings. The molecule has 1 atom stereocenters. The standard InChI is InChI=1S/C15H23F3N2O2/c16-15(17,18)11-3-5-12(6-4-11)19-14(21)20-7-8-22-9-13(20)10-1-2-10/h10-13H,1-9H2,(H,19,21). The number of carbonyl (C=O) groups is 1. The average molecular weight is 320 g/mol. The maximum absolute atomic E-state index is 12.7. The van der Waals surface area contributed by atoms with E-state index in [1.807, 2.05) is 4.90 Å². The second-order valence-corrected chi connectivity index (χ2v) is 6.71. The lowest BCUT2D eigenvalue weighted by atomic mass is 9.85. The molecule has 2 aliphatic carbocycles. The molecule has 1 unspecified atom stereocenters. The fraction of sp³-hybridized carbons (Fsp3) is 0.933. The molecule has 1 heterocycles. The van der Waals surface area contributed by atoms with Crippen molar-refractivity contribution in [2.45, 2.75) is 56.8 Å². The minimum atomic E-state index is -4.10. The Morgan fingerprint density at radius 1 is 1.09 bits per heavy atom. The first-order valence-electron chi connectivity index (χ1n) is 8.16. The number of nitrogens with zero attached hydrogens (tertiary/aromatic N) is 1. The third-order valence-corrected chi connectivity index (χ3v) is 5.11. The summed E-state index contributed by atoms with van der Waals surface area (Å²) < 4.78 is 43.4. The molecule has 0 radical (unpaired) electrons. The zero-order chi connectivity index (χ0) is 15.7. The van der Waals surface area contributed by atoms with Crippen molar-refractivity contribution in [3.63, 3.8) is 0 Å². The Balaban J connectivity index is 1.49. The molecule has 22 heavy (non-hydrogen) atoms. The highest BCUT2D eigenvalue weighted by atomic mass is 19.4. The van der Waals surface area contributed by atoms with Gasteiger partial charge in [-0.25, -0.2) is 4.79 Å². The molecule has 126 valence electrons. The molecule has 0 aromatic carbocycles. The van der Waals surface area contributed by atoms with E-state index in [-0.39, 0.29) is 31.0 Å². The Bertz CT molecular complexity index is 404. The third kappa shape index (κ3) is 3.67. The maximum Gasteiger partial charge on any atom is 0.391 e. The molecule has 4 nitrogen and oxygen atoms in total. The summed E-state index contributed by atoms with van der Waals surface area (Å²) in [5, 5.41) is 2.94. The Hall–Kier alpha value is -0.980. The van der Waals surface area contributed by atoms with Gasteiger partial charge in [0.25, 0.3) is 0 Å². The van der Waals surface area contributed by atoms with E-state index in [0.717, 1.165) is 12.8 Å². The molecular weight excluding hydrogens is 297 g/mol. The molecule has 2 amide bonds. The van der Waals surface area contributed by atoms with Crippen LogP contribution in [0, 0.1) is 11.8 Å². The number of rotatable bonds is 2. The van der Waals surface area contributed by atoms with Gasteiger partial charge in [0, 0.05) is 12.6 Å². The van der Waals surface area contributed by atoms with E-state index < -0.39 is 12.1 Å². The lowest BCUT2D eigenvalue weighted by molar-refractivity contribution is -0.182. The molecular formula is C15H23F3N2O2. The number of alkyl halides is 3. The number of hydrogen-bond donors (Lipinski definition) is 1. The van der Waals surface area contributed by atoms with Crippen molar-refractivity contribution in [3.8, 4) is 0 Å². The van der Waals surface area contributed by atoms with Crippen LogP contribution in [0.1, 0.15) is 38.5 Å². The van der Waals surface area contributed by atoms with Crippen molar-refractivity contribution in [3.05, 3.63) is 0 Å². The van der Waals surface area contributed by atoms with Gasteiger partial charge in [-0.1, -0.05) is 0 Å². The van der Waals surface area contributed by atoms with Crippen LogP contribution in [0.4, 0.5) is 18.0 Å². The Kier molecular flexibility index (Phi) is 4.52. The molecule has 0 aromatic heterocycles. The number of hydrogen-bond acceptors (Lipinski definition) is 2. The monoisotopic (exact) mass is 320 g/mol. The molecule has 0 aromatic rings. The number of carbonyl (C=O) groups excluding carboxylic acids is 1. The first kappa shape index (κ1) is 15.9. The fourth-order valence-electron chi connectivity index (χ4n) is 3.57. The van der Waals surface area contributed by atoms with Gasteiger partial charge in [-0.2, -0.15) is 13.2 Å². The van der Waals surface area contributed by atoms with Crippen LogP contribution >= 0.6 is 0 Å². The quantitative estimate of drug-likeness (QED) is 0.850. The van der Waals surface area contributed by atoms with Crippen molar-refractivity contribution in [2.75, 3.05) is 19.8 Å². The van der Waals surface area contributed by atoms with Gasteiger partial charge in [-0.15, -0.1) is 0 Å². The van der Waals surface area contributed by atoms with Gasteiger partial charge >= 0.3 is 12.2 Å². The van der Waals surface area contributed by atoms with Gasteiger partial charge < -0.3 is 15.0 Å². The van der Waals surface area contributed by atoms with Crippen LogP contribution in [0.3, 0.4) is 0 Å². The van der Waals surface area contributed by atoms with Crippen molar-refractivity contribution in [1.29, 1.82) is 0 Å². The van der Waals surface area contributed by atoms with Gasteiger partial charge in [0.05, 0.1) is 25.2 Å². The Morgan fingerprint density at radius 2 is 1.77 bits per heavy atom. The van der Waals surface area contributed by atoms with Gasteiger partial charge in [-0.3, -0.25) is 0 Å². The van der Waals surface area contributed by atoms with Crippen molar-refractivity contribution in [2.24, 2.45) is 11.8 Å². The molecule has 1 N–H and O–H groups in total. The highest BCUT2D eigenvalue weighted by Gasteiger charge is 2.43. The van der Waals surface area contributed by atoms with E-state index in [1.54, 1.807) is 0 Å². The zero-order valence-electron chi connectivity index (χ0n) is 12.6. The lowest BCUT2D eigenvalue weighted by Crippen LogP contribution is -2.55. The fourth-order valence-corrected chi connectivity index (χ4v) is 3.57. The van der Waals surface area contributed by atoms with Crippen molar-refractivity contribution < 1.29 is 22.7 Å². The first-order valence-corrected chi connectivity index (χ1v) is 8.16. The smallest absolute Gasteiger partial charge is 0.377 e. The Morgan fingerprint density at radius 3 is 2.36 bits per heavy atom. The predicted octanol–water partition coefficient (Wildman–Crippen LogP) is 2.93. The number of nitrogens with one attached hydrogen (secondary N) is 1. The molecule has 0 bridgehead atoms.